The fourth-order valence-electron chi connectivity index (χ4n) is 1.18. The molecular formula is C10H10F2N2O3. The van der Waals surface area contributed by atoms with Crippen LogP contribution in [0.5, 0.6) is 0 Å². The van der Waals surface area contributed by atoms with E-state index < -0.39 is 29.6 Å². The standard InChI is InChI=1S/C10H10F2N2O3/c1-14(9(15)8(13)10(16)17)7-4-5(11)2-3-6(7)12/h2-4,8H,13H2,1H3,(H,16,17). The van der Waals surface area contributed by atoms with Gasteiger partial charge in [-0.3, -0.25) is 4.79 Å². The zero-order valence-electron chi connectivity index (χ0n) is 8.85. The van der Waals surface area contributed by atoms with Crippen LogP contribution in [0.1, 0.15) is 0 Å². The molecule has 92 valence electrons. The van der Waals surface area contributed by atoms with Gasteiger partial charge in [0.1, 0.15) is 11.6 Å². The molecule has 0 aliphatic heterocycles. The number of benzene rings is 1. The third-order valence-electron chi connectivity index (χ3n) is 2.13. The number of likely N-dealkylation sites (N-methyl/N-ethyl adjacent to an activating group) is 1. The highest BCUT2D eigenvalue weighted by molar-refractivity contribution is 6.08. The van der Waals surface area contributed by atoms with Gasteiger partial charge in [-0.25, -0.2) is 13.6 Å². The van der Waals surface area contributed by atoms with Crippen LogP contribution in [-0.4, -0.2) is 30.1 Å². The van der Waals surface area contributed by atoms with E-state index in [1.807, 2.05) is 0 Å². The van der Waals surface area contributed by atoms with E-state index in [1.54, 1.807) is 0 Å². The van der Waals surface area contributed by atoms with Gasteiger partial charge in [-0.05, 0) is 12.1 Å². The first kappa shape index (κ1) is 13.0. The zero-order chi connectivity index (χ0) is 13.2. The summed E-state index contributed by atoms with van der Waals surface area (Å²) in [7, 11) is 1.11. The fraction of sp³-hybridized carbons (Fsp3) is 0.200. The topological polar surface area (TPSA) is 83.6 Å². The van der Waals surface area contributed by atoms with Gasteiger partial charge in [-0.2, -0.15) is 0 Å². The number of carbonyl (C=O) groups excluding carboxylic acids is 1. The van der Waals surface area contributed by atoms with Crippen molar-refractivity contribution in [2.45, 2.75) is 6.04 Å². The first-order chi connectivity index (χ1) is 7.84. The van der Waals surface area contributed by atoms with Gasteiger partial charge in [0.2, 0.25) is 0 Å². The number of aliphatic carboxylic acids is 1. The van der Waals surface area contributed by atoms with Crippen LogP contribution in [0.15, 0.2) is 18.2 Å². The number of hydrogen-bond acceptors (Lipinski definition) is 3. The number of halogens is 2. The molecule has 1 unspecified atom stereocenters. The van der Waals surface area contributed by atoms with E-state index in [-0.39, 0.29) is 5.69 Å². The van der Waals surface area contributed by atoms with E-state index in [4.69, 9.17) is 10.8 Å². The predicted molar refractivity (Wildman–Crippen MR) is 55.4 cm³/mol. The van der Waals surface area contributed by atoms with Gasteiger partial charge in [0, 0.05) is 13.1 Å². The minimum atomic E-state index is -1.82. The Kier molecular flexibility index (Phi) is 3.74. The van der Waals surface area contributed by atoms with E-state index in [9.17, 15) is 18.4 Å². The summed E-state index contributed by atoms with van der Waals surface area (Å²) in [6.45, 7) is 0. The lowest BCUT2D eigenvalue weighted by Crippen LogP contribution is -2.47. The predicted octanol–water partition coefficient (Wildman–Crippen LogP) is 0.339. The van der Waals surface area contributed by atoms with Crippen molar-refractivity contribution in [1.82, 2.24) is 0 Å². The Balaban J connectivity index is 3.04. The highest BCUT2D eigenvalue weighted by Gasteiger charge is 2.26. The van der Waals surface area contributed by atoms with Crippen molar-refractivity contribution in [3.8, 4) is 0 Å². The second kappa shape index (κ2) is 4.88. The number of nitrogens with zero attached hydrogens (tertiary/aromatic N) is 1. The molecule has 0 spiro atoms. The molecule has 1 rings (SSSR count). The maximum Gasteiger partial charge on any atom is 0.330 e. The van der Waals surface area contributed by atoms with Crippen LogP contribution in [0, 0.1) is 11.6 Å². The quantitative estimate of drug-likeness (QED) is 0.751. The summed E-state index contributed by atoms with van der Waals surface area (Å²) in [6.07, 6.45) is 0. The number of nitrogens with two attached hydrogens (primary N) is 1. The van der Waals surface area contributed by atoms with Gasteiger partial charge in [-0.15, -0.1) is 0 Å². The maximum absolute atomic E-state index is 13.3. The smallest absolute Gasteiger partial charge is 0.330 e. The first-order valence-corrected chi connectivity index (χ1v) is 4.55. The van der Waals surface area contributed by atoms with Crippen LogP contribution in [0.25, 0.3) is 0 Å². The highest BCUT2D eigenvalue weighted by atomic mass is 19.1. The van der Waals surface area contributed by atoms with Gasteiger partial charge in [0.15, 0.2) is 6.04 Å². The summed E-state index contributed by atoms with van der Waals surface area (Å²) in [5.74, 6) is -4.18. The molecule has 1 aromatic carbocycles. The Morgan fingerprint density at radius 1 is 1.41 bits per heavy atom. The second-order valence-corrected chi connectivity index (χ2v) is 3.31. The van der Waals surface area contributed by atoms with Crippen LogP contribution in [0.2, 0.25) is 0 Å². The monoisotopic (exact) mass is 244 g/mol. The summed E-state index contributed by atoms with van der Waals surface area (Å²) in [6, 6.07) is 0.680. The average Bonchev–Trinajstić information content (AvgIpc) is 2.29. The third kappa shape index (κ3) is 2.76. The van der Waals surface area contributed by atoms with Crippen molar-refractivity contribution in [3.05, 3.63) is 29.8 Å². The molecule has 1 atom stereocenters. The minimum Gasteiger partial charge on any atom is -0.480 e. The summed E-state index contributed by atoms with van der Waals surface area (Å²) in [4.78, 5) is 22.6. The molecule has 3 N–H and O–H groups in total. The van der Waals surface area contributed by atoms with Crippen LogP contribution in [0.4, 0.5) is 14.5 Å². The molecular weight excluding hydrogens is 234 g/mol. The van der Waals surface area contributed by atoms with Gasteiger partial charge in [0.25, 0.3) is 5.91 Å². The Labute approximate surface area is 95.4 Å². The van der Waals surface area contributed by atoms with E-state index in [0.717, 1.165) is 25.2 Å². The molecule has 7 heteroatoms. The summed E-state index contributed by atoms with van der Waals surface area (Å²) >= 11 is 0. The van der Waals surface area contributed by atoms with Crippen molar-refractivity contribution in [1.29, 1.82) is 0 Å². The fourth-order valence-corrected chi connectivity index (χ4v) is 1.18. The van der Waals surface area contributed by atoms with Gasteiger partial charge in [-0.1, -0.05) is 0 Å². The molecule has 0 heterocycles. The molecule has 1 aromatic rings. The summed E-state index contributed by atoms with van der Waals surface area (Å²) < 4.78 is 26.2. The maximum atomic E-state index is 13.3. The van der Waals surface area contributed by atoms with Crippen LogP contribution >= 0.6 is 0 Å². The average molecular weight is 244 g/mol. The molecule has 0 radical (unpaired) electrons. The second-order valence-electron chi connectivity index (χ2n) is 3.31. The van der Waals surface area contributed by atoms with Gasteiger partial charge in [0.05, 0.1) is 5.69 Å². The van der Waals surface area contributed by atoms with Crippen molar-refractivity contribution in [2.75, 3.05) is 11.9 Å². The van der Waals surface area contributed by atoms with Gasteiger partial charge < -0.3 is 15.7 Å². The number of carboxylic acids is 1. The number of hydrogen-bond donors (Lipinski definition) is 2. The third-order valence-corrected chi connectivity index (χ3v) is 2.13. The Morgan fingerprint density at radius 3 is 2.53 bits per heavy atom. The van der Waals surface area contributed by atoms with Crippen molar-refractivity contribution < 1.29 is 23.5 Å². The number of carbonyl (C=O) groups is 2. The SMILES string of the molecule is CN(C(=O)C(N)C(=O)O)c1cc(F)ccc1F. The molecule has 17 heavy (non-hydrogen) atoms. The van der Waals surface area contributed by atoms with E-state index in [1.165, 1.54) is 0 Å². The molecule has 1 amide bonds. The van der Waals surface area contributed by atoms with E-state index in [0.29, 0.717) is 4.90 Å². The number of amides is 1. The molecule has 0 aromatic heterocycles. The van der Waals surface area contributed by atoms with Crippen LogP contribution < -0.4 is 10.6 Å². The number of anilines is 1. The first-order valence-electron chi connectivity index (χ1n) is 4.55. The van der Waals surface area contributed by atoms with Gasteiger partial charge >= 0.3 is 5.97 Å². The Bertz CT molecular complexity index is 465. The largest absolute Gasteiger partial charge is 0.480 e. The Morgan fingerprint density at radius 2 is 2.00 bits per heavy atom. The molecule has 0 bridgehead atoms. The van der Waals surface area contributed by atoms with Crippen molar-refractivity contribution >= 4 is 17.6 Å². The lowest BCUT2D eigenvalue weighted by atomic mass is 10.2. The lowest BCUT2D eigenvalue weighted by Gasteiger charge is -2.19. The lowest BCUT2D eigenvalue weighted by molar-refractivity contribution is -0.142. The molecule has 5 nitrogen and oxygen atoms in total. The van der Waals surface area contributed by atoms with E-state index in [2.05, 4.69) is 0 Å². The Hall–Kier alpha value is -2.02. The molecule has 0 aliphatic rings. The zero-order valence-corrected chi connectivity index (χ0v) is 8.85. The van der Waals surface area contributed by atoms with E-state index >= 15 is 0 Å². The molecule has 0 saturated carbocycles. The molecule has 0 saturated heterocycles. The normalized spacial score (nSPS) is 12.0. The van der Waals surface area contributed by atoms with Crippen LogP contribution in [-0.2, 0) is 9.59 Å². The highest BCUT2D eigenvalue weighted by Crippen LogP contribution is 2.19. The number of rotatable bonds is 3. The number of carboxylic acid groups (broad SMARTS) is 1. The van der Waals surface area contributed by atoms with Crippen LogP contribution in [0.3, 0.4) is 0 Å². The summed E-state index contributed by atoms with van der Waals surface area (Å²) in [5.41, 5.74) is 4.71. The molecule has 0 fully saturated rings. The minimum absolute atomic E-state index is 0.369. The van der Waals surface area contributed by atoms with Crippen molar-refractivity contribution in [3.63, 3.8) is 0 Å². The summed E-state index contributed by atoms with van der Waals surface area (Å²) in [5, 5.41) is 8.53. The van der Waals surface area contributed by atoms with Crippen molar-refractivity contribution in [2.24, 2.45) is 5.73 Å². The molecule has 0 aliphatic carbocycles.